The highest BCUT2D eigenvalue weighted by Crippen LogP contribution is 2.19. The Kier molecular flexibility index (Phi) is 5.19. The molecule has 108 valence electrons. The first-order chi connectivity index (χ1) is 9.65. The Hall–Kier alpha value is -1.34. The van der Waals surface area contributed by atoms with Crippen molar-refractivity contribution in [3.05, 3.63) is 34.2 Å². The summed E-state index contributed by atoms with van der Waals surface area (Å²) < 4.78 is 1.62. The molecule has 0 spiro atoms. The SMILES string of the molecule is CCCCOn1c(C(=O)N2CCSC2=S)cccc1=O. The van der Waals surface area contributed by atoms with Crippen LogP contribution in [0.4, 0.5) is 0 Å². The third-order valence-corrected chi connectivity index (χ3v) is 4.28. The summed E-state index contributed by atoms with van der Waals surface area (Å²) in [5.41, 5.74) is -0.122. The molecule has 5 nitrogen and oxygen atoms in total. The Balaban J connectivity index is 2.26. The fourth-order valence-corrected chi connectivity index (χ4v) is 2.99. The molecular weight excluding hydrogens is 296 g/mol. The zero-order chi connectivity index (χ0) is 14.5. The van der Waals surface area contributed by atoms with Crippen molar-refractivity contribution >= 4 is 34.2 Å². The molecule has 0 bridgehead atoms. The number of carbonyl (C=O) groups excluding carboxylic acids is 1. The first-order valence-electron chi connectivity index (χ1n) is 6.49. The van der Waals surface area contributed by atoms with Gasteiger partial charge in [-0.25, -0.2) is 0 Å². The van der Waals surface area contributed by atoms with E-state index in [2.05, 4.69) is 0 Å². The number of rotatable bonds is 5. The van der Waals surface area contributed by atoms with E-state index in [4.69, 9.17) is 17.1 Å². The van der Waals surface area contributed by atoms with Gasteiger partial charge in [0.05, 0.1) is 0 Å². The Bertz CT molecular complexity index is 571. The van der Waals surface area contributed by atoms with Crippen LogP contribution in [-0.2, 0) is 0 Å². The molecule has 1 aromatic rings. The highest BCUT2D eigenvalue weighted by molar-refractivity contribution is 8.23. The van der Waals surface area contributed by atoms with Crippen LogP contribution in [0.1, 0.15) is 30.3 Å². The van der Waals surface area contributed by atoms with Crippen molar-refractivity contribution in [3.63, 3.8) is 0 Å². The number of pyridine rings is 1. The van der Waals surface area contributed by atoms with Crippen molar-refractivity contribution < 1.29 is 9.63 Å². The molecule has 0 saturated carbocycles. The van der Waals surface area contributed by atoms with E-state index in [0.29, 0.717) is 17.5 Å². The predicted molar refractivity (Wildman–Crippen MR) is 83.1 cm³/mol. The van der Waals surface area contributed by atoms with Crippen molar-refractivity contribution in [2.24, 2.45) is 0 Å². The molecule has 1 aliphatic heterocycles. The van der Waals surface area contributed by atoms with Gasteiger partial charge in [-0.05, 0) is 12.5 Å². The van der Waals surface area contributed by atoms with Crippen LogP contribution in [0.2, 0.25) is 0 Å². The third kappa shape index (κ3) is 3.21. The molecule has 0 atom stereocenters. The number of aromatic nitrogens is 1. The lowest BCUT2D eigenvalue weighted by atomic mass is 10.3. The van der Waals surface area contributed by atoms with E-state index in [0.717, 1.165) is 23.3 Å². The number of thiocarbonyl (C=S) groups is 1. The van der Waals surface area contributed by atoms with Gasteiger partial charge in [0.25, 0.3) is 11.5 Å². The highest BCUT2D eigenvalue weighted by Gasteiger charge is 2.27. The number of unbranched alkanes of at least 4 members (excludes halogenated alkanes) is 1. The molecule has 2 heterocycles. The zero-order valence-corrected chi connectivity index (χ0v) is 12.8. The smallest absolute Gasteiger partial charge is 0.283 e. The predicted octanol–water partition coefficient (Wildman–Crippen LogP) is 1.55. The van der Waals surface area contributed by atoms with E-state index < -0.39 is 0 Å². The topological polar surface area (TPSA) is 51.5 Å². The van der Waals surface area contributed by atoms with Crippen LogP contribution in [-0.4, -0.2) is 38.8 Å². The number of thioether (sulfide) groups is 1. The quantitative estimate of drug-likeness (QED) is 0.610. The molecule has 0 radical (unpaired) electrons. The van der Waals surface area contributed by atoms with Gasteiger partial charge >= 0.3 is 0 Å². The van der Waals surface area contributed by atoms with Crippen molar-refractivity contribution in [1.29, 1.82) is 0 Å². The molecule has 1 aliphatic rings. The van der Waals surface area contributed by atoms with E-state index in [1.54, 1.807) is 12.1 Å². The fourth-order valence-electron chi connectivity index (χ4n) is 1.78. The summed E-state index contributed by atoms with van der Waals surface area (Å²) >= 11 is 6.61. The molecule has 0 aromatic carbocycles. The second kappa shape index (κ2) is 6.90. The number of amides is 1. The standard InChI is InChI=1S/C13H16N2O3S2/c1-2-3-8-18-15-10(5-4-6-11(15)16)12(17)14-7-9-20-13(14)19/h4-6H,2-3,7-9H2,1H3. The van der Waals surface area contributed by atoms with Crippen LogP contribution in [0.25, 0.3) is 0 Å². The second-order valence-electron chi connectivity index (χ2n) is 4.30. The lowest BCUT2D eigenvalue weighted by Gasteiger charge is -2.18. The lowest BCUT2D eigenvalue weighted by molar-refractivity contribution is 0.0699. The third-order valence-electron chi connectivity index (χ3n) is 2.86. The maximum Gasteiger partial charge on any atom is 0.283 e. The number of hydrogen-bond acceptors (Lipinski definition) is 5. The Morgan fingerprint density at radius 3 is 2.95 bits per heavy atom. The lowest BCUT2D eigenvalue weighted by Crippen LogP contribution is -2.38. The van der Waals surface area contributed by atoms with Gasteiger partial charge in [0, 0.05) is 18.4 Å². The molecule has 20 heavy (non-hydrogen) atoms. The Labute approximate surface area is 126 Å². The summed E-state index contributed by atoms with van der Waals surface area (Å²) in [5, 5.41) is 0. The average Bonchev–Trinajstić information content (AvgIpc) is 2.86. The molecular formula is C13H16N2O3S2. The number of carbonyl (C=O) groups is 1. The van der Waals surface area contributed by atoms with Gasteiger partial charge in [0.1, 0.15) is 16.6 Å². The Morgan fingerprint density at radius 2 is 2.30 bits per heavy atom. The summed E-state index contributed by atoms with van der Waals surface area (Å²) in [6.07, 6.45) is 1.78. The van der Waals surface area contributed by atoms with Crippen molar-refractivity contribution in [2.45, 2.75) is 19.8 Å². The summed E-state index contributed by atoms with van der Waals surface area (Å²) in [6, 6.07) is 4.52. The van der Waals surface area contributed by atoms with Gasteiger partial charge in [-0.3, -0.25) is 14.5 Å². The molecule has 1 fully saturated rings. The van der Waals surface area contributed by atoms with Crippen LogP contribution < -0.4 is 10.4 Å². The van der Waals surface area contributed by atoms with Gasteiger partial charge in [-0.1, -0.05) is 43.4 Å². The molecule has 1 aromatic heterocycles. The first-order valence-corrected chi connectivity index (χ1v) is 7.88. The van der Waals surface area contributed by atoms with Crippen LogP contribution in [0.5, 0.6) is 0 Å². The normalized spacial score (nSPS) is 14.7. The van der Waals surface area contributed by atoms with Crippen LogP contribution in [0.15, 0.2) is 23.0 Å². The van der Waals surface area contributed by atoms with Gasteiger partial charge in [-0.2, -0.15) is 0 Å². The van der Waals surface area contributed by atoms with Gasteiger partial charge < -0.3 is 4.84 Å². The Morgan fingerprint density at radius 1 is 1.50 bits per heavy atom. The van der Waals surface area contributed by atoms with Gasteiger partial charge in [0.2, 0.25) is 0 Å². The molecule has 7 heteroatoms. The van der Waals surface area contributed by atoms with Crippen LogP contribution in [0, 0.1) is 0 Å². The summed E-state index contributed by atoms with van der Waals surface area (Å²) in [4.78, 5) is 31.3. The molecule has 0 aliphatic carbocycles. The molecule has 2 rings (SSSR count). The van der Waals surface area contributed by atoms with Crippen LogP contribution >= 0.6 is 24.0 Å². The van der Waals surface area contributed by atoms with E-state index >= 15 is 0 Å². The van der Waals surface area contributed by atoms with E-state index in [9.17, 15) is 9.59 Å². The van der Waals surface area contributed by atoms with Crippen LogP contribution in [0.3, 0.4) is 0 Å². The highest BCUT2D eigenvalue weighted by atomic mass is 32.2. The van der Waals surface area contributed by atoms with Gasteiger partial charge in [0.15, 0.2) is 0 Å². The molecule has 1 amide bonds. The average molecular weight is 312 g/mol. The summed E-state index contributed by atoms with van der Waals surface area (Å²) in [5.74, 6) is 0.507. The minimum Gasteiger partial charge on any atom is -0.410 e. The minimum atomic E-state index is -0.343. The zero-order valence-electron chi connectivity index (χ0n) is 11.2. The summed E-state index contributed by atoms with van der Waals surface area (Å²) in [6.45, 7) is 3.00. The minimum absolute atomic E-state index is 0.221. The van der Waals surface area contributed by atoms with E-state index in [1.807, 2.05) is 6.92 Å². The van der Waals surface area contributed by atoms with Crippen molar-refractivity contribution in [1.82, 2.24) is 9.63 Å². The number of nitrogens with zero attached hydrogens (tertiary/aromatic N) is 2. The molecule has 0 unspecified atom stereocenters. The monoisotopic (exact) mass is 312 g/mol. The largest absolute Gasteiger partial charge is 0.410 e. The van der Waals surface area contributed by atoms with Gasteiger partial charge in [-0.15, -0.1) is 4.73 Å². The van der Waals surface area contributed by atoms with Crippen molar-refractivity contribution in [2.75, 3.05) is 18.9 Å². The van der Waals surface area contributed by atoms with E-state index in [1.165, 1.54) is 22.7 Å². The van der Waals surface area contributed by atoms with Crippen molar-refractivity contribution in [3.8, 4) is 0 Å². The molecule has 0 N–H and O–H groups in total. The maximum absolute atomic E-state index is 12.4. The molecule has 1 saturated heterocycles. The maximum atomic E-state index is 12.4. The second-order valence-corrected chi connectivity index (χ2v) is 6.03. The summed E-state index contributed by atoms with van der Waals surface area (Å²) in [7, 11) is 0. The fraction of sp³-hybridized carbons (Fsp3) is 0.462. The first kappa shape index (κ1) is 15.1. The van der Waals surface area contributed by atoms with E-state index in [-0.39, 0.29) is 17.2 Å². The number of hydrogen-bond donors (Lipinski definition) is 0.